The van der Waals surface area contributed by atoms with E-state index < -0.39 is 0 Å². The van der Waals surface area contributed by atoms with Crippen LogP contribution in [0.4, 0.5) is 0 Å². The van der Waals surface area contributed by atoms with Gasteiger partial charge in [0.1, 0.15) is 0 Å². The van der Waals surface area contributed by atoms with Crippen LogP contribution in [0.1, 0.15) is 28.7 Å². The standard InChI is InChI=1S/C27H31N3O/c1-29-17-19-30(20-18-29)21-25(22-11-5-2-6-12-22)28-27(31)26(23-13-7-3-8-14-23)24-15-9-4-10-16-24/h2-16,25-26H,17-21H2,1H3,(H,28,31). The van der Waals surface area contributed by atoms with Crippen LogP contribution in [0.3, 0.4) is 0 Å². The highest BCUT2D eigenvalue weighted by molar-refractivity contribution is 5.87. The first-order valence-corrected chi connectivity index (χ1v) is 11.1. The number of hydrogen-bond donors (Lipinski definition) is 1. The Bertz CT molecular complexity index is 898. The summed E-state index contributed by atoms with van der Waals surface area (Å²) < 4.78 is 0. The number of piperazine rings is 1. The quantitative estimate of drug-likeness (QED) is 0.638. The number of nitrogens with one attached hydrogen (secondary N) is 1. The molecule has 1 N–H and O–H groups in total. The molecule has 0 saturated carbocycles. The lowest BCUT2D eigenvalue weighted by Gasteiger charge is -2.35. The maximum atomic E-state index is 13.7. The Morgan fingerprint density at radius 3 is 1.68 bits per heavy atom. The molecular formula is C27H31N3O. The fourth-order valence-electron chi connectivity index (χ4n) is 4.25. The predicted molar refractivity (Wildman–Crippen MR) is 126 cm³/mol. The van der Waals surface area contributed by atoms with Crippen molar-refractivity contribution in [2.45, 2.75) is 12.0 Å². The third-order valence-electron chi connectivity index (χ3n) is 6.08. The van der Waals surface area contributed by atoms with Gasteiger partial charge in [0, 0.05) is 32.7 Å². The minimum Gasteiger partial charge on any atom is -0.347 e. The molecule has 1 aliphatic heterocycles. The molecule has 1 unspecified atom stereocenters. The van der Waals surface area contributed by atoms with Crippen LogP contribution in [0.25, 0.3) is 0 Å². The van der Waals surface area contributed by atoms with Crippen molar-refractivity contribution in [1.29, 1.82) is 0 Å². The van der Waals surface area contributed by atoms with Gasteiger partial charge in [-0.2, -0.15) is 0 Å². The highest BCUT2D eigenvalue weighted by Gasteiger charge is 2.27. The molecule has 1 aliphatic rings. The lowest BCUT2D eigenvalue weighted by Crippen LogP contribution is -2.48. The maximum absolute atomic E-state index is 13.7. The molecule has 1 fully saturated rings. The van der Waals surface area contributed by atoms with E-state index in [0.717, 1.165) is 49.4 Å². The molecule has 1 atom stereocenters. The van der Waals surface area contributed by atoms with Gasteiger partial charge in [0.2, 0.25) is 5.91 Å². The number of benzene rings is 3. The summed E-state index contributed by atoms with van der Waals surface area (Å²) in [6.07, 6.45) is 0. The summed E-state index contributed by atoms with van der Waals surface area (Å²) in [6.45, 7) is 4.99. The molecule has 3 aromatic carbocycles. The molecule has 0 aliphatic carbocycles. The minimum absolute atomic E-state index is 0.0420. The number of carbonyl (C=O) groups excluding carboxylic acids is 1. The summed E-state index contributed by atoms with van der Waals surface area (Å²) in [5, 5.41) is 3.39. The normalized spacial score (nSPS) is 16.2. The van der Waals surface area contributed by atoms with E-state index in [0.29, 0.717) is 0 Å². The summed E-state index contributed by atoms with van der Waals surface area (Å²) in [4.78, 5) is 18.5. The monoisotopic (exact) mass is 413 g/mol. The Morgan fingerprint density at radius 1 is 0.742 bits per heavy atom. The van der Waals surface area contributed by atoms with E-state index in [2.05, 4.69) is 34.3 Å². The van der Waals surface area contributed by atoms with Crippen LogP contribution in [0, 0.1) is 0 Å². The average Bonchev–Trinajstić information content (AvgIpc) is 2.82. The van der Waals surface area contributed by atoms with Crippen LogP contribution in [-0.2, 0) is 4.79 Å². The van der Waals surface area contributed by atoms with Crippen molar-refractivity contribution in [3.8, 4) is 0 Å². The number of nitrogens with zero attached hydrogens (tertiary/aromatic N) is 2. The van der Waals surface area contributed by atoms with Gasteiger partial charge in [0.05, 0.1) is 12.0 Å². The zero-order valence-electron chi connectivity index (χ0n) is 18.2. The van der Waals surface area contributed by atoms with Crippen molar-refractivity contribution < 1.29 is 4.79 Å². The van der Waals surface area contributed by atoms with Crippen LogP contribution < -0.4 is 5.32 Å². The molecule has 1 saturated heterocycles. The van der Waals surface area contributed by atoms with Crippen LogP contribution >= 0.6 is 0 Å². The molecule has 4 rings (SSSR count). The lowest BCUT2D eigenvalue weighted by atomic mass is 9.90. The van der Waals surface area contributed by atoms with Gasteiger partial charge in [0.15, 0.2) is 0 Å². The largest absolute Gasteiger partial charge is 0.347 e. The number of rotatable bonds is 7. The molecule has 0 spiro atoms. The van der Waals surface area contributed by atoms with Crippen LogP contribution in [0.5, 0.6) is 0 Å². The summed E-state index contributed by atoms with van der Waals surface area (Å²) in [6, 6.07) is 30.4. The molecule has 1 heterocycles. The molecule has 160 valence electrons. The molecular weight excluding hydrogens is 382 g/mol. The lowest BCUT2D eigenvalue weighted by molar-refractivity contribution is -0.122. The maximum Gasteiger partial charge on any atom is 0.232 e. The van der Waals surface area contributed by atoms with Gasteiger partial charge in [0.25, 0.3) is 0 Å². The fourth-order valence-corrected chi connectivity index (χ4v) is 4.25. The Kier molecular flexibility index (Phi) is 7.13. The number of amides is 1. The average molecular weight is 414 g/mol. The second kappa shape index (κ2) is 10.4. The SMILES string of the molecule is CN1CCN(CC(NC(=O)C(c2ccccc2)c2ccccc2)c2ccccc2)CC1. The summed E-state index contributed by atoms with van der Waals surface area (Å²) in [5.74, 6) is -0.290. The molecule has 0 bridgehead atoms. The van der Waals surface area contributed by atoms with E-state index in [1.165, 1.54) is 0 Å². The third kappa shape index (κ3) is 5.60. The topological polar surface area (TPSA) is 35.6 Å². The van der Waals surface area contributed by atoms with Crippen molar-refractivity contribution >= 4 is 5.91 Å². The van der Waals surface area contributed by atoms with E-state index in [1.807, 2.05) is 78.9 Å². The van der Waals surface area contributed by atoms with Gasteiger partial charge >= 0.3 is 0 Å². The fraction of sp³-hybridized carbons (Fsp3) is 0.296. The van der Waals surface area contributed by atoms with E-state index in [-0.39, 0.29) is 17.9 Å². The molecule has 31 heavy (non-hydrogen) atoms. The van der Waals surface area contributed by atoms with Gasteiger partial charge in [-0.05, 0) is 23.7 Å². The van der Waals surface area contributed by atoms with Crippen LogP contribution in [0.2, 0.25) is 0 Å². The smallest absolute Gasteiger partial charge is 0.232 e. The molecule has 1 amide bonds. The van der Waals surface area contributed by atoms with E-state index >= 15 is 0 Å². The van der Waals surface area contributed by atoms with E-state index in [1.54, 1.807) is 0 Å². The van der Waals surface area contributed by atoms with Crippen molar-refractivity contribution in [2.24, 2.45) is 0 Å². The van der Waals surface area contributed by atoms with Gasteiger partial charge in [-0.25, -0.2) is 0 Å². The highest BCUT2D eigenvalue weighted by Crippen LogP contribution is 2.26. The van der Waals surface area contributed by atoms with Crippen molar-refractivity contribution in [3.63, 3.8) is 0 Å². The number of carbonyl (C=O) groups is 1. The van der Waals surface area contributed by atoms with Crippen LogP contribution in [-0.4, -0.2) is 55.5 Å². The first kappa shape index (κ1) is 21.3. The van der Waals surface area contributed by atoms with Gasteiger partial charge in [-0.3, -0.25) is 9.69 Å². The van der Waals surface area contributed by atoms with Gasteiger partial charge in [-0.15, -0.1) is 0 Å². The summed E-state index contributed by atoms with van der Waals surface area (Å²) >= 11 is 0. The summed E-state index contributed by atoms with van der Waals surface area (Å²) in [7, 11) is 2.16. The van der Waals surface area contributed by atoms with Crippen molar-refractivity contribution in [3.05, 3.63) is 108 Å². The molecule has 3 aromatic rings. The molecule has 4 heteroatoms. The van der Waals surface area contributed by atoms with Crippen molar-refractivity contribution in [1.82, 2.24) is 15.1 Å². The first-order valence-electron chi connectivity index (χ1n) is 11.1. The van der Waals surface area contributed by atoms with Crippen LogP contribution in [0.15, 0.2) is 91.0 Å². The van der Waals surface area contributed by atoms with Gasteiger partial charge < -0.3 is 10.2 Å². The zero-order chi connectivity index (χ0) is 21.5. The van der Waals surface area contributed by atoms with E-state index in [4.69, 9.17) is 0 Å². The first-order chi connectivity index (χ1) is 15.2. The number of likely N-dealkylation sites (N-methyl/N-ethyl adjacent to an activating group) is 1. The van der Waals surface area contributed by atoms with E-state index in [9.17, 15) is 4.79 Å². The Labute approximate surface area is 185 Å². The Hall–Kier alpha value is -2.95. The van der Waals surface area contributed by atoms with Crippen molar-refractivity contribution in [2.75, 3.05) is 39.8 Å². The highest BCUT2D eigenvalue weighted by atomic mass is 16.2. The zero-order valence-corrected chi connectivity index (χ0v) is 18.2. The third-order valence-corrected chi connectivity index (χ3v) is 6.08. The predicted octanol–water partition coefficient (Wildman–Crippen LogP) is 3.92. The summed E-state index contributed by atoms with van der Waals surface area (Å²) in [5.41, 5.74) is 3.17. The Morgan fingerprint density at radius 2 is 1.19 bits per heavy atom. The molecule has 0 aromatic heterocycles. The number of hydrogen-bond acceptors (Lipinski definition) is 3. The molecule has 0 radical (unpaired) electrons. The Balaban J connectivity index is 1.58. The second-order valence-corrected chi connectivity index (χ2v) is 8.33. The second-order valence-electron chi connectivity index (χ2n) is 8.33. The molecule has 4 nitrogen and oxygen atoms in total. The van der Waals surface area contributed by atoms with Gasteiger partial charge in [-0.1, -0.05) is 91.0 Å². The minimum atomic E-state index is -0.332.